The monoisotopic (exact) mass is 420 g/mol. The zero-order valence-corrected chi connectivity index (χ0v) is 20.0. The Hall–Kier alpha value is -2.01. The van der Waals surface area contributed by atoms with E-state index in [9.17, 15) is 4.79 Å². The van der Waals surface area contributed by atoms with Crippen LogP contribution in [0.1, 0.15) is 85.5 Å². The molecule has 1 amide bonds. The molecule has 5 nitrogen and oxygen atoms in total. The zero-order valence-electron chi connectivity index (χ0n) is 20.0. The molecule has 5 heteroatoms. The highest BCUT2D eigenvalue weighted by Gasteiger charge is 2.73. The van der Waals surface area contributed by atoms with E-state index < -0.39 is 5.41 Å². The second-order valence-electron chi connectivity index (χ2n) is 12.2. The quantitative estimate of drug-likeness (QED) is 0.756. The molecule has 1 aromatic carbocycles. The number of rotatable bonds is 2. The number of amides is 1. The van der Waals surface area contributed by atoms with Crippen molar-refractivity contribution in [2.75, 3.05) is 0 Å². The summed E-state index contributed by atoms with van der Waals surface area (Å²) in [6.45, 7) is 15.7. The topological polar surface area (TPSA) is 66.9 Å². The zero-order chi connectivity index (χ0) is 22.4. The van der Waals surface area contributed by atoms with Crippen LogP contribution in [0.15, 0.2) is 24.3 Å². The fourth-order valence-corrected chi connectivity index (χ4v) is 7.28. The Balaban J connectivity index is 1.59. The Bertz CT molecular complexity index is 1070. The van der Waals surface area contributed by atoms with E-state index in [1.54, 1.807) is 0 Å². The van der Waals surface area contributed by atoms with E-state index in [2.05, 4.69) is 59.1 Å². The van der Waals surface area contributed by atoms with Gasteiger partial charge in [-0.3, -0.25) is 4.79 Å². The van der Waals surface area contributed by atoms with Crippen LogP contribution in [0, 0.1) is 5.41 Å². The number of fused-ring (bicyclic) bond motifs is 6. The van der Waals surface area contributed by atoms with E-state index in [4.69, 9.17) is 9.97 Å². The van der Waals surface area contributed by atoms with Crippen molar-refractivity contribution < 1.29 is 4.79 Å². The lowest BCUT2D eigenvalue weighted by Gasteiger charge is -2.48. The lowest BCUT2D eigenvalue weighted by molar-refractivity contribution is -0.131. The van der Waals surface area contributed by atoms with E-state index in [1.807, 2.05) is 24.3 Å². The molecule has 2 atom stereocenters. The van der Waals surface area contributed by atoms with Gasteiger partial charge < -0.3 is 10.6 Å². The van der Waals surface area contributed by atoms with E-state index in [0.29, 0.717) is 0 Å². The molecule has 166 valence electrons. The van der Waals surface area contributed by atoms with Crippen LogP contribution >= 0.6 is 0 Å². The van der Waals surface area contributed by atoms with Gasteiger partial charge in [0.25, 0.3) is 0 Å². The molecule has 2 aromatic rings. The van der Waals surface area contributed by atoms with Gasteiger partial charge in [0, 0.05) is 22.5 Å². The number of para-hydroxylation sites is 2. The molecule has 1 aromatic heterocycles. The highest BCUT2D eigenvalue weighted by atomic mass is 16.2. The minimum absolute atomic E-state index is 0.0132. The average Bonchev–Trinajstić information content (AvgIpc) is 2.93. The summed E-state index contributed by atoms with van der Waals surface area (Å²) in [7, 11) is 0. The van der Waals surface area contributed by atoms with Gasteiger partial charge in [-0.05, 0) is 70.9 Å². The summed E-state index contributed by atoms with van der Waals surface area (Å²) in [4.78, 5) is 24.3. The maximum atomic E-state index is 14.2. The number of carbonyl (C=O) groups excluding carboxylic acids is 1. The van der Waals surface area contributed by atoms with Crippen LogP contribution in [-0.2, 0) is 15.6 Å². The minimum atomic E-state index is -0.632. The highest BCUT2D eigenvalue weighted by Crippen LogP contribution is 2.70. The van der Waals surface area contributed by atoms with Crippen molar-refractivity contribution in [2.24, 2.45) is 5.41 Å². The maximum absolute atomic E-state index is 14.2. The molecule has 1 saturated heterocycles. The first-order valence-electron chi connectivity index (χ1n) is 11.7. The number of benzene rings is 1. The molecule has 1 saturated carbocycles. The average molecular weight is 421 g/mol. The third-order valence-corrected chi connectivity index (χ3v) is 8.86. The smallest absolute Gasteiger partial charge is 0.233 e. The third-order valence-electron chi connectivity index (χ3n) is 8.86. The van der Waals surface area contributed by atoms with Gasteiger partial charge in [0.05, 0.1) is 27.8 Å². The van der Waals surface area contributed by atoms with Crippen LogP contribution < -0.4 is 10.6 Å². The Morgan fingerprint density at radius 2 is 1.45 bits per heavy atom. The van der Waals surface area contributed by atoms with Gasteiger partial charge in [-0.1, -0.05) is 32.9 Å². The second-order valence-corrected chi connectivity index (χ2v) is 12.2. The predicted molar refractivity (Wildman–Crippen MR) is 124 cm³/mol. The standard InChI is InChI=1S/C26H36N4O/c1-22(2)14-16(15-23(3,4)30-22)27-21(31)26-13-12-25(7,24(26,5)6)19-20(26)29-18-11-9-8-10-17(18)28-19/h8-11,16,30H,12-15H2,1-7H3,(H,27,31)/t25-,26-/m0/s1. The Morgan fingerprint density at radius 1 is 0.903 bits per heavy atom. The summed E-state index contributed by atoms with van der Waals surface area (Å²) in [5, 5.41) is 7.23. The first kappa shape index (κ1) is 20.9. The molecule has 0 unspecified atom stereocenters. The fourth-order valence-electron chi connectivity index (χ4n) is 7.28. The van der Waals surface area contributed by atoms with Crippen LogP contribution in [0.3, 0.4) is 0 Å². The van der Waals surface area contributed by atoms with Crippen LogP contribution in [0.2, 0.25) is 0 Å². The largest absolute Gasteiger partial charge is 0.352 e. The molecule has 2 bridgehead atoms. The number of hydrogen-bond acceptors (Lipinski definition) is 4. The minimum Gasteiger partial charge on any atom is -0.352 e. The molecule has 0 spiro atoms. The molecule has 31 heavy (non-hydrogen) atoms. The van der Waals surface area contributed by atoms with Crippen molar-refractivity contribution in [3.63, 3.8) is 0 Å². The first-order valence-corrected chi connectivity index (χ1v) is 11.7. The molecule has 5 rings (SSSR count). The van der Waals surface area contributed by atoms with Gasteiger partial charge in [-0.15, -0.1) is 0 Å². The summed E-state index contributed by atoms with van der Waals surface area (Å²) in [6, 6.07) is 8.18. The van der Waals surface area contributed by atoms with Gasteiger partial charge >= 0.3 is 0 Å². The number of carbonyl (C=O) groups is 1. The molecule has 2 heterocycles. The first-order chi connectivity index (χ1) is 14.3. The van der Waals surface area contributed by atoms with Gasteiger partial charge in [0.15, 0.2) is 0 Å². The van der Waals surface area contributed by atoms with Crippen molar-refractivity contribution in [2.45, 2.75) is 102 Å². The fraction of sp³-hybridized carbons (Fsp3) is 0.654. The second kappa shape index (κ2) is 6.06. The number of hydrogen-bond donors (Lipinski definition) is 2. The lowest BCUT2D eigenvalue weighted by Crippen LogP contribution is -2.64. The summed E-state index contributed by atoms with van der Waals surface area (Å²) in [5.74, 6) is 0.142. The number of aromatic nitrogens is 2. The van der Waals surface area contributed by atoms with Gasteiger partial charge in [-0.2, -0.15) is 0 Å². The Kier molecular flexibility index (Phi) is 4.08. The predicted octanol–water partition coefficient (Wildman–Crippen LogP) is 4.38. The summed E-state index contributed by atoms with van der Waals surface area (Å²) >= 11 is 0. The summed E-state index contributed by atoms with van der Waals surface area (Å²) in [5.41, 5.74) is 2.69. The number of nitrogens with one attached hydrogen (secondary N) is 2. The van der Waals surface area contributed by atoms with Crippen molar-refractivity contribution in [1.29, 1.82) is 0 Å². The van der Waals surface area contributed by atoms with Gasteiger partial charge in [0.1, 0.15) is 0 Å². The Morgan fingerprint density at radius 3 is 2.03 bits per heavy atom. The third kappa shape index (κ3) is 2.68. The molecule has 0 radical (unpaired) electrons. The van der Waals surface area contributed by atoms with Crippen molar-refractivity contribution in [1.82, 2.24) is 20.6 Å². The summed E-state index contributed by atoms with van der Waals surface area (Å²) < 4.78 is 0. The van der Waals surface area contributed by atoms with Crippen LogP contribution in [0.5, 0.6) is 0 Å². The lowest BCUT2D eigenvalue weighted by atomic mass is 9.63. The molecule has 3 aliphatic rings. The number of piperidine rings is 1. The van der Waals surface area contributed by atoms with Crippen molar-refractivity contribution in [3.05, 3.63) is 35.7 Å². The Labute approximate surface area is 185 Å². The van der Waals surface area contributed by atoms with Crippen molar-refractivity contribution in [3.8, 4) is 0 Å². The molecular weight excluding hydrogens is 384 g/mol. The van der Waals surface area contributed by atoms with Crippen LogP contribution in [0.4, 0.5) is 0 Å². The number of nitrogens with zero attached hydrogens (tertiary/aromatic N) is 2. The molecule has 2 fully saturated rings. The van der Waals surface area contributed by atoms with Crippen LogP contribution in [0.25, 0.3) is 11.0 Å². The van der Waals surface area contributed by atoms with Gasteiger partial charge in [0.2, 0.25) is 5.91 Å². The maximum Gasteiger partial charge on any atom is 0.233 e. The van der Waals surface area contributed by atoms with E-state index in [0.717, 1.165) is 48.1 Å². The molecule has 2 N–H and O–H groups in total. The van der Waals surface area contributed by atoms with Crippen molar-refractivity contribution >= 4 is 16.9 Å². The van der Waals surface area contributed by atoms with E-state index in [1.165, 1.54) is 0 Å². The van der Waals surface area contributed by atoms with Gasteiger partial charge in [-0.25, -0.2) is 9.97 Å². The van der Waals surface area contributed by atoms with E-state index >= 15 is 0 Å². The molecule has 2 aliphatic carbocycles. The molecule has 1 aliphatic heterocycles. The SMILES string of the molecule is CC1(C)CC(NC(=O)[C@]23CC[C@@](C)(c4nc5ccccc5nc42)C3(C)C)CC(C)(C)N1. The summed E-state index contributed by atoms with van der Waals surface area (Å²) in [6.07, 6.45) is 3.65. The molecular formula is C26H36N4O. The van der Waals surface area contributed by atoms with Crippen LogP contribution in [-0.4, -0.2) is 33.0 Å². The normalized spacial score (nSPS) is 32.7. The van der Waals surface area contributed by atoms with E-state index in [-0.39, 0.29) is 33.9 Å². The highest BCUT2D eigenvalue weighted by molar-refractivity contribution is 5.93.